The van der Waals surface area contributed by atoms with Crippen molar-refractivity contribution in [1.29, 1.82) is 0 Å². The number of hydrogen-bond donors (Lipinski definition) is 1. The Morgan fingerprint density at radius 3 is 2.93 bits per heavy atom. The van der Waals surface area contributed by atoms with Crippen molar-refractivity contribution in [1.82, 2.24) is 14.9 Å². The van der Waals surface area contributed by atoms with E-state index in [2.05, 4.69) is 30.7 Å². The summed E-state index contributed by atoms with van der Waals surface area (Å²) in [6.45, 7) is 9.73. The van der Waals surface area contributed by atoms with Crippen LogP contribution in [0, 0.1) is 0 Å². The maximum Gasteiger partial charge on any atom is 0.111 e. The minimum atomic E-state index is 0.528. The van der Waals surface area contributed by atoms with Crippen LogP contribution in [0.3, 0.4) is 0 Å². The van der Waals surface area contributed by atoms with Crippen molar-refractivity contribution in [3.05, 3.63) is 17.2 Å². The van der Waals surface area contributed by atoms with Crippen molar-refractivity contribution in [2.45, 2.75) is 46.2 Å². The average molecular weight is 193 g/mol. The van der Waals surface area contributed by atoms with Crippen LogP contribution in [-0.4, -0.2) is 16.1 Å². The van der Waals surface area contributed by atoms with Crippen LogP contribution in [0.15, 0.2) is 0 Å². The fourth-order valence-electron chi connectivity index (χ4n) is 2.19. The monoisotopic (exact) mass is 193 g/mol. The summed E-state index contributed by atoms with van der Waals surface area (Å²) in [4.78, 5) is 4.72. The van der Waals surface area contributed by atoms with Gasteiger partial charge in [-0.15, -0.1) is 0 Å². The van der Waals surface area contributed by atoms with Crippen LogP contribution in [0.1, 0.15) is 43.9 Å². The third-order valence-electron chi connectivity index (χ3n) is 2.85. The van der Waals surface area contributed by atoms with E-state index in [0.29, 0.717) is 5.92 Å². The van der Waals surface area contributed by atoms with E-state index in [1.165, 1.54) is 17.2 Å². The lowest BCUT2D eigenvalue weighted by atomic mass is 10.2. The van der Waals surface area contributed by atoms with Gasteiger partial charge in [0.2, 0.25) is 0 Å². The molecule has 1 N–H and O–H groups in total. The van der Waals surface area contributed by atoms with Gasteiger partial charge in [-0.3, -0.25) is 0 Å². The minimum absolute atomic E-state index is 0.528. The Labute approximate surface area is 85.5 Å². The molecule has 0 fully saturated rings. The third-order valence-corrected chi connectivity index (χ3v) is 2.85. The van der Waals surface area contributed by atoms with Gasteiger partial charge in [0.25, 0.3) is 0 Å². The molecule has 0 spiro atoms. The second-order valence-electron chi connectivity index (χ2n) is 4.19. The number of hydrogen-bond acceptors (Lipinski definition) is 2. The van der Waals surface area contributed by atoms with Crippen LogP contribution in [0.5, 0.6) is 0 Å². The first kappa shape index (κ1) is 9.71. The van der Waals surface area contributed by atoms with Gasteiger partial charge in [-0.05, 0) is 6.92 Å². The maximum absolute atomic E-state index is 4.72. The van der Waals surface area contributed by atoms with Gasteiger partial charge in [0, 0.05) is 37.7 Å². The van der Waals surface area contributed by atoms with Crippen LogP contribution in [0.4, 0.5) is 0 Å². The summed E-state index contributed by atoms with van der Waals surface area (Å²) < 4.78 is 2.39. The molecule has 0 amide bonds. The predicted octanol–water partition coefficient (Wildman–Crippen LogP) is 1.67. The molecule has 0 saturated carbocycles. The molecule has 0 unspecified atom stereocenters. The quantitative estimate of drug-likeness (QED) is 0.774. The zero-order valence-electron chi connectivity index (χ0n) is 9.30. The highest BCUT2D eigenvalue weighted by Crippen LogP contribution is 2.21. The van der Waals surface area contributed by atoms with Gasteiger partial charge in [-0.1, -0.05) is 13.8 Å². The molecule has 2 heterocycles. The van der Waals surface area contributed by atoms with Gasteiger partial charge in [-0.2, -0.15) is 0 Å². The van der Waals surface area contributed by atoms with Crippen LogP contribution in [0.2, 0.25) is 0 Å². The largest absolute Gasteiger partial charge is 0.332 e. The standard InChI is InChI=1S/C11H19N3/c1-4-14-10-5-6-12-7-9(10)13-11(14)8(2)3/h8,12H,4-7H2,1-3H3. The molecule has 78 valence electrons. The molecule has 1 aliphatic rings. The van der Waals surface area contributed by atoms with Crippen molar-refractivity contribution in [3.63, 3.8) is 0 Å². The van der Waals surface area contributed by atoms with Gasteiger partial charge < -0.3 is 9.88 Å². The molecule has 0 aliphatic carbocycles. The normalized spacial score (nSPS) is 16.0. The Hall–Kier alpha value is -0.830. The Bertz CT molecular complexity index is 326. The molecular weight excluding hydrogens is 174 g/mol. The fourth-order valence-corrected chi connectivity index (χ4v) is 2.19. The van der Waals surface area contributed by atoms with E-state index in [1.807, 2.05) is 0 Å². The summed E-state index contributed by atoms with van der Waals surface area (Å²) in [5.74, 6) is 1.78. The van der Waals surface area contributed by atoms with E-state index in [-0.39, 0.29) is 0 Å². The lowest BCUT2D eigenvalue weighted by Crippen LogP contribution is -2.25. The third kappa shape index (κ3) is 1.46. The molecule has 0 saturated heterocycles. The highest BCUT2D eigenvalue weighted by molar-refractivity contribution is 5.21. The van der Waals surface area contributed by atoms with E-state index in [0.717, 1.165) is 26.1 Å². The number of aromatic nitrogens is 2. The van der Waals surface area contributed by atoms with Crippen molar-refractivity contribution in [2.24, 2.45) is 0 Å². The number of nitrogens with zero attached hydrogens (tertiary/aromatic N) is 2. The fraction of sp³-hybridized carbons (Fsp3) is 0.727. The Kier molecular flexibility index (Phi) is 2.59. The Morgan fingerprint density at radius 2 is 2.29 bits per heavy atom. The average Bonchev–Trinajstić information content (AvgIpc) is 2.56. The van der Waals surface area contributed by atoms with Gasteiger partial charge in [0.15, 0.2) is 0 Å². The second kappa shape index (κ2) is 3.73. The minimum Gasteiger partial charge on any atom is -0.332 e. The Balaban J connectivity index is 2.46. The zero-order chi connectivity index (χ0) is 10.1. The molecule has 2 rings (SSSR count). The number of imidazole rings is 1. The molecule has 3 heteroatoms. The van der Waals surface area contributed by atoms with Gasteiger partial charge in [0.05, 0.1) is 5.69 Å². The van der Waals surface area contributed by atoms with Gasteiger partial charge in [-0.25, -0.2) is 4.98 Å². The summed E-state index contributed by atoms with van der Waals surface area (Å²) in [6, 6.07) is 0. The first-order chi connectivity index (χ1) is 6.74. The molecule has 3 nitrogen and oxygen atoms in total. The molecule has 1 aliphatic heterocycles. The lowest BCUT2D eigenvalue weighted by Gasteiger charge is -2.15. The first-order valence-electron chi connectivity index (χ1n) is 5.53. The number of nitrogens with one attached hydrogen (secondary N) is 1. The van der Waals surface area contributed by atoms with E-state index in [9.17, 15) is 0 Å². The molecular formula is C11H19N3. The molecule has 0 bridgehead atoms. The SMILES string of the molecule is CCn1c(C(C)C)nc2c1CCNC2. The summed E-state index contributed by atoms with van der Waals surface area (Å²) in [7, 11) is 0. The number of rotatable bonds is 2. The lowest BCUT2D eigenvalue weighted by molar-refractivity contribution is 0.584. The molecule has 1 aromatic heterocycles. The molecule has 0 atom stereocenters. The van der Waals surface area contributed by atoms with E-state index in [1.54, 1.807) is 0 Å². The van der Waals surface area contributed by atoms with Crippen LogP contribution < -0.4 is 5.32 Å². The summed E-state index contributed by atoms with van der Waals surface area (Å²) >= 11 is 0. The number of fused-ring (bicyclic) bond motifs is 1. The molecule has 14 heavy (non-hydrogen) atoms. The van der Waals surface area contributed by atoms with Crippen molar-refractivity contribution >= 4 is 0 Å². The van der Waals surface area contributed by atoms with Crippen LogP contribution >= 0.6 is 0 Å². The van der Waals surface area contributed by atoms with E-state index < -0.39 is 0 Å². The summed E-state index contributed by atoms with van der Waals surface area (Å²) in [6.07, 6.45) is 1.13. The highest BCUT2D eigenvalue weighted by Gasteiger charge is 2.19. The highest BCUT2D eigenvalue weighted by atomic mass is 15.1. The smallest absolute Gasteiger partial charge is 0.111 e. The molecule has 0 radical (unpaired) electrons. The Morgan fingerprint density at radius 1 is 1.50 bits per heavy atom. The van der Waals surface area contributed by atoms with E-state index in [4.69, 9.17) is 4.98 Å². The maximum atomic E-state index is 4.72. The second-order valence-corrected chi connectivity index (χ2v) is 4.19. The molecule has 1 aromatic rings. The predicted molar refractivity (Wildman–Crippen MR) is 57.4 cm³/mol. The summed E-state index contributed by atoms with van der Waals surface area (Å²) in [5.41, 5.74) is 2.72. The van der Waals surface area contributed by atoms with Crippen molar-refractivity contribution < 1.29 is 0 Å². The summed E-state index contributed by atoms with van der Waals surface area (Å²) in [5, 5.41) is 3.37. The first-order valence-corrected chi connectivity index (χ1v) is 5.53. The topological polar surface area (TPSA) is 29.9 Å². The van der Waals surface area contributed by atoms with Gasteiger partial charge in [0.1, 0.15) is 5.82 Å². The van der Waals surface area contributed by atoms with Crippen LogP contribution in [-0.2, 0) is 19.5 Å². The van der Waals surface area contributed by atoms with Crippen LogP contribution in [0.25, 0.3) is 0 Å². The van der Waals surface area contributed by atoms with Gasteiger partial charge >= 0.3 is 0 Å². The van der Waals surface area contributed by atoms with Crippen molar-refractivity contribution in [3.8, 4) is 0 Å². The zero-order valence-corrected chi connectivity index (χ0v) is 9.30. The van der Waals surface area contributed by atoms with E-state index >= 15 is 0 Å². The van der Waals surface area contributed by atoms with Crippen molar-refractivity contribution in [2.75, 3.05) is 6.54 Å². The molecule has 0 aromatic carbocycles.